The zero-order valence-electron chi connectivity index (χ0n) is 11.5. The van der Waals surface area contributed by atoms with E-state index in [2.05, 4.69) is 0 Å². The van der Waals surface area contributed by atoms with E-state index >= 15 is 0 Å². The number of para-hydroxylation sites is 1. The lowest BCUT2D eigenvalue weighted by molar-refractivity contribution is -0.138. The Bertz CT molecular complexity index is 618. The topological polar surface area (TPSA) is 62.5 Å². The van der Waals surface area contributed by atoms with Gasteiger partial charge in [-0.15, -0.1) is 0 Å². The maximum absolute atomic E-state index is 12.2. The predicted molar refractivity (Wildman–Crippen MR) is 76.4 cm³/mol. The molecule has 1 aromatic carbocycles. The second kappa shape index (κ2) is 6.23. The molecular formula is C15H18N2O3. The van der Waals surface area contributed by atoms with Crippen molar-refractivity contribution in [2.75, 3.05) is 13.1 Å². The molecule has 0 atom stereocenters. The molecule has 1 aromatic heterocycles. The number of carboxylic acid groups (broad SMARTS) is 1. The molecule has 2 aromatic rings. The van der Waals surface area contributed by atoms with Gasteiger partial charge in [0.1, 0.15) is 6.54 Å². The van der Waals surface area contributed by atoms with E-state index in [1.807, 2.05) is 48.0 Å². The molecule has 0 saturated carbocycles. The fourth-order valence-corrected chi connectivity index (χ4v) is 2.21. The Hall–Kier alpha value is -2.30. The number of aromatic nitrogens is 1. The number of nitrogens with zero attached hydrogens (tertiary/aromatic N) is 2. The van der Waals surface area contributed by atoms with Crippen LogP contribution in [-0.2, 0) is 16.1 Å². The quantitative estimate of drug-likeness (QED) is 0.876. The van der Waals surface area contributed by atoms with Gasteiger partial charge in [0.15, 0.2) is 0 Å². The summed E-state index contributed by atoms with van der Waals surface area (Å²) in [5.41, 5.74) is 1.01. The summed E-state index contributed by atoms with van der Waals surface area (Å²) in [4.78, 5) is 24.4. The van der Waals surface area contributed by atoms with Crippen molar-refractivity contribution in [1.82, 2.24) is 9.47 Å². The molecule has 0 fully saturated rings. The number of carbonyl (C=O) groups excluding carboxylic acids is 1. The first-order chi connectivity index (χ1) is 9.61. The smallest absolute Gasteiger partial charge is 0.305 e. The summed E-state index contributed by atoms with van der Waals surface area (Å²) in [5.74, 6) is -0.947. The third kappa shape index (κ3) is 3.17. The third-order valence-electron chi connectivity index (χ3n) is 3.32. The van der Waals surface area contributed by atoms with Crippen LogP contribution in [0.15, 0.2) is 36.5 Å². The average Bonchev–Trinajstić information content (AvgIpc) is 2.83. The van der Waals surface area contributed by atoms with Crippen LogP contribution in [0.4, 0.5) is 0 Å². The van der Waals surface area contributed by atoms with Crippen LogP contribution in [-0.4, -0.2) is 39.5 Å². The summed E-state index contributed by atoms with van der Waals surface area (Å²) in [6.45, 7) is 2.86. The molecule has 0 spiro atoms. The van der Waals surface area contributed by atoms with Gasteiger partial charge in [-0.1, -0.05) is 18.2 Å². The molecule has 0 bridgehead atoms. The number of fused-ring (bicyclic) bond motifs is 1. The highest BCUT2D eigenvalue weighted by Gasteiger charge is 2.14. The van der Waals surface area contributed by atoms with Crippen molar-refractivity contribution in [3.8, 4) is 0 Å². The molecular weight excluding hydrogens is 256 g/mol. The molecule has 2 rings (SSSR count). The van der Waals surface area contributed by atoms with Gasteiger partial charge in [-0.25, -0.2) is 0 Å². The second-order valence-electron chi connectivity index (χ2n) is 4.62. The third-order valence-corrected chi connectivity index (χ3v) is 3.32. The summed E-state index contributed by atoms with van der Waals surface area (Å²) in [6.07, 6.45) is 1.86. The van der Waals surface area contributed by atoms with Crippen molar-refractivity contribution >= 4 is 22.8 Å². The van der Waals surface area contributed by atoms with Crippen molar-refractivity contribution in [1.29, 1.82) is 0 Å². The number of benzene rings is 1. The SMILES string of the molecule is CCN(CCC(=O)O)C(=O)Cn1ccc2ccccc21. The number of aliphatic carboxylic acids is 1. The first-order valence-electron chi connectivity index (χ1n) is 6.65. The molecule has 0 aliphatic heterocycles. The lowest BCUT2D eigenvalue weighted by Crippen LogP contribution is -2.35. The van der Waals surface area contributed by atoms with Crippen molar-refractivity contribution in [2.45, 2.75) is 19.9 Å². The molecule has 0 aliphatic carbocycles. The number of rotatable bonds is 6. The molecule has 0 unspecified atom stereocenters. The van der Waals surface area contributed by atoms with Gasteiger partial charge >= 0.3 is 5.97 Å². The predicted octanol–water partition coefficient (Wildman–Crippen LogP) is 1.96. The minimum atomic E-state index is -0.886. The molecule has 106 valence electrons. The molecule has 5 heteroatoms. The maximum Gasteiger partial charge on any atom is 0.305 e. The van der Waals surface area contributed by atoms with Crippen LogP contribution in [0.25, 0.3) is 10.9 Å². The van der Waals surface area contributed by atoms with E-state index in [9.17, 15) is 9.59 Å². The fraction of sp³-hybridized carbons (Fsp3) is 0.333. The summed E-state index contributed by atoms with van der Waals surface area (Å²) < 4.78 is 1.89. The highest BCUT2D eigenvalue weighted by atomic mass is 16.4. The molecule has 1 N–H and O–H groups in total. The molecule has 20 heavy (non-hydrogen) atoms. The van der Waals surface area contributed by atoms with E-state index in [0.717, 1.165) is 10.9 Å². The van der Waals surface area contributed by atoms with E-state index in [4.69, 9.17) is 5.11 Å². The Morgan fingerprint density at radius 3 is 2.70 bits per heavy atom. The Labute approximate surface area is 117 Å². The van der Waals surface area contributed by atoms with E-state index in [1.54, 1.807) is 4.90 Å². The Balaban J connectivity index is 2.08. The highest BCUT2D eigenvalue weighted by Crippen LogP contribution is 2.15. The van der Waals surface area contributed by atoms with E-state index < -0.39 is 5.97 Å². The van der Waals surface area contributed by atoms with Crippen LogP contribution < -0.4 is 0 Å². The van der Waals surface area contributed by atoms with Crippen LogP contribution in [0, 0.1) is 0 Å². The van der Waals surface area contributed by atoms with Crippen LogP contribution in [0.5, 0.6) is 0 Å². The highest BCUT2D eigenvalue weighted by molar-refractivity contribution is 5.83. The molecule has 1 amide bonds. The van der Waals surface area contributed by atoms with Gasteiger partial charge in [-0.3, -0.25) is 9.59 Å². The van der Waals surface area contributed by atoms with E-state index in [0.29, 0.717) is 6.54 Å². The van der Waals surface area contributed by atoms with Gasteiger partial charge < -0.3 is 14.6 Å². The van der Waals surface area contributed by atoms with Gasteiger partial charge in [0, 0.05) is 24.8 Å². The standard InChI is InChI=1S/C15H18N2O3/c1-2-16(10-8-15(19)20)14(18)11-17-9-7-12-5-3-4-6-13(12)17/h3-7,9H,2,8,10-11H2,1H3,(H,19,20). The Morgan fingerprint density at radius 1 is 1.25 bits per heavy atom. The number of hydrogen-bond donors (Lipinski definition) is 1. The first-order valence-corrected chi connectivity index (χ1v) is 6.65. The van der Waals surface area contributed by atoms with E-state index in [-0.39, 0.29) is 25.4 Å². The summed E-state index contributed by atoms with van der Waals surface area (Å²) >= 11 is 0. The second-order valence-corrected chi connectivity index (χ2v) is 4.62. The van der Waals surface area contributed by atoms with Crippen molar-refractivity contribution in [2.24, 2.45) is 0 Å². The van der Waals surface area contributed by atoms with Crippen LogP contribution in [0.1, 0.15) is 13.3 Å². The maximum atomic E-state index is 12.2. The molecule has 1 heterocycles. The molecule has 0 saturated heterocycles. The summed E-state index contributed by atoms with van der Waals surface area (Å²) in [7, 11) is 0. The largest absolute Gasteiger partial charge is 0.481 e. The van der Waals surface area contributed by atoms with Crippen molar-refractivity contribution in [3.63, 3.8) is 0 Å². The first kappa shape index (κ1) is 14.1. The van der Waals surface area contributed by atoms with Crippen LogP contribution in [0.3, 0.4) is 0 Å². The number of hydrogen-bond acceptors (Lipinski definition) is 2. The van der Waals surface area contributed by atoms with Crippen LogP contribution >= 0.6 is 0 Å². The lowest BCUT2D eigenvalue weighted by Gasteiger charge is -2.20. The van der Waals surface area contributed by atoms with Gasteiger partial charge in [0.05, 0.1) is 6.42 Å². The number of carboxylic acids is 1. The zero-order chi connectivity index (χ0) is 14.5. The van der Waals surface area contributed by atoms with Gasteiger partial charge in [-0.2, -0.15) is 0 Å². The van der Waals surface area contributed by atoms with Crippen molar-refractivity contribution < 1.29 is 14.7 Å². The fourth-order valence-electron chi connectivity index (χ4n) is 2.21. The van der Waals surface area contributed by atoms with Gasteiger partial charge in [0.25, 0.3) is 0 Å². The monoisotopic (exact) mass is 274 g/mol. The normalized spacial score (nSPS) is 10.7. The molecule has 0 aliphatic rings. The number of amides is 1. The summed E-state index contributed by atoms with van der Waals surface area (Å²) in [5, 5.41) is 9.79. The van der Waals surface area contributed by atoms with Crippen molar-refractivity contribution in [3.05, 3.63) is 36.5 Å². The van der Waals surface area contributed by atoms with Gasteiger partial charge in [0.2, 0.25) is 5.91 Å². The molecule has 5 nitrogen and oxygen atoms in total. The number of carbonyl (C=O) groups is 2. The summed E-state index contributed by atoms with van der Waals surface area (Å²) in [6, 6.07) is 9.83. The minimum absolute atomic E-state index is 0.0218. The van der Waals surface area contributed by atoms with Crippen LogP contribution in [0.2, 0.25) is 0 Å². The molecule has 0 radical (unpaired) electrons. The number of likely N-dealkylation sites (N-methyl/N-ethyl adjacent to an activating group) is 1. The minimum Gasteiger partial charge on any atom is -0.481 e. The van der Waals surface area contributed by atoms with Gasteiger partial charge in [-0.05, 0) is 24.4 Å². The Kier molecular flexibility index (Phi) is 4.40. The zero-order valence-corrected chi connectivity index (χ0v) is 11.5. The van der Waals surface area contributed by atoms with E-state index in [1.165, 1.54) is 0 Å². The lowest BCUT2D eigenvalue weighted by atomic mass is 10.2. The average molecular weight is 274 g/mol. The Morgan fingerprint density at radius 2 is 2.00 bits per heavy atom.